The Morgan fingerprint density at radius 3 is 3.15 bits per heavy atom. The van der Waals surface area contributed by atoms with E-state index in [1.165, 1.54) is 17.9 Å². The summed E-state index contributed by atoms with van der Waals surface area (Å²) in [6, 6.07) is 2.18. The minimum absolute atomic E-state index is 0.692. The van der Waals surface area contributed by atoms with Crippen molar-refractivity contribution in [1.82, 2.24) is 9.78 Å². The topological polar surface area (TPSA) is 29.9 Å². The van der Waals surface area contributed by atoms with Crippen LogP contribution in [0.25, 0.3) is 0 Å². The van der Waals surface area contributed by atoms with Crippen LogP contribution < -0.4 is 5.32 Å². The van der Waals surface area contributed by atoms with Crippen LogP contribution in [0.15, 0.2) is 6.07 Å². The van der Waals surface area contributed by atoms with Crippen molar-refractivity contribution in [2.24, 2.45) is 5.92 Å². The average Bonchev–Trinajstić information content (AvgIpc) is 2.44. The molecule has 0 fully saturated rings. The maximum absolute atomic E-state index is 4.55. The molecule has 1 aromatic heterocycles. The van der Waals surface area contributed by atoms with Crippen molar-refractivity contribution in [3.05, 3.63) is 11.8 Å². The lowest BCUT2D eigenvalue weighted by molar-refractivity contribution is 0.550. The van der Waals surface area contributed by atoms with Gasteiger partial charge in [-0.25, -0.2) is 4.68 Å². The molecule has 2 heterocycles. The van der Waals surface area contributed by atoms with Gasteiger partial charge in [-0.2, -0.15) is 5.10 Å². The van der Waals surface area contributed by atoms with Crippen LogP contribution in [0.2, 0.25) is 0 Å². The number of aromatic nitrogens is 2. The highest BCUT2D eigenvalue weighted by atomic mass is 15.3. The first kappa shape index (κ1) is 8.60. The molecule has 1 aliphatic heterocycles. The monoisotopic (exact) mass is 179 g/mol. The second kappa shape index (κ2) is 3.40. The van der Waals surface area contributed by atoms with Crippen LogP contribution in [0.3, 0.4) is 0 Å². The van der Waals surface area contributed by atoms with E-state index >= 15 is 0 Å². The average molecular weight is 179 g/mol. The summed E-state index contributed by atoms with van der Waals surface area (Å²) in [7, 11) is 0. The molecule has 0 aliphatic carbocycles. The summed E-state index contributed by atoms with van der Waals surface area (Å²) in [5, 5.41) is 7.90. The zero-order valence-electron chi connectivity index (χ0n) is 8.38. The van der Waals surface area contributed by atoms with Crippen molar-refractivity contribution in [3.8, 4) is 0 Å². The van der Waals surface area contributed by atoms with E-state index in [9.17, 15) is 0 Å². The van der Waals surface area contributed by atoms with Gasteiger partial charge in [0.25, 0.3) is 0 Å². The fourth-order valence-corrected chi connectivity index (χ4v) is 1.75. The quantitative estimate of drug-likeness (QED) is 0.751. The molecule has 0 unspecified atom stereocenters. The van der Waals surface area contributed by atoms with Crippen LogP contribution in [0.1, 0.15) is 26.0 Å². The SMILES string of the molecule is CC(C)Cc1cc2n(n1)CCCN2. The molecule has 1 aliphatic rings. The minimum atomic E-state index is 0.692. The van der Waals surface area contributed by atoms with Crippen molar-refractivity contribution >= 4 is 5.82 Å². The summed E-state index contributed by atoms with van der Waals surface area (Å²) < 4.78 is 2.08. The van der Waals surface area contributed by atoms with Crippen molar-refractivity contribution in [2.45, 2.75) is 33.2 Å². The first-order chi connectivity index (χ1) is 6.25. The van der Waals surface area contributed by atoms with Gasteiger partial charge in [0.2, 0.25) is 0 Å². The Balaban J connectivity index is 2.15. The van der Waals surface area contributed by atoms with Crippen molar-refractivity contribution in [2.75, 3.05) is 11.9 Å². The second-order valence-electron chi connectivity index (χ2n) is 4.12. The first-order valence-corrected chi connectivity index (χ1v) is 5.06. The Hall–Kier alpha value is -0.990. The molecule has 2 rings (SSSR count). The van der Waals surface area contributed by atoms with Gasteiger partial charge >= 0.3 is 0 Å². The number of hydrogen-bond donors (Lipinski definition) is 1. The van der Waals surface area contributed by atoms with Crippen LogP contribution >= 0.6 is 0 Å². The number of nitrogens with zero attached hydrogens (tertiary/aromatic N) is 2. The Labute approximate surface area is 79.1 Å². The first-order valence-electron chi connectivity index (χ1n) is 5.06. The lowest BCUT2D eigenvalue weighted by Gasteiger charge is -2.14. The maximum Gasteiger partial charge on any atom is 0.124 e. The summed E-state index contributed by atoms with van der Waals surface area (Å²) in [5.74, 6) is 1.89. The number of rotatable bonds is 2. The van der Waals surface area contributed by atoms with E-state index in [-0.39, 0.29) is 0 Å². The van der Waals surface area contributed by atoms with Gasteiger partial charge in [0, 0.05) is 19.2 Å². The minimum Gasteiger partial charge on any atom is -0.370 e. The van der Waals surface area contributed by atoms with Gasteiger partial charge in [-0.15, -0.1) is 0 Å². The van der Waals surface area contributed by atoms with Crippen molar-refractivity contribution in [3.63, 3.8) is 0 Å². The van der Waals surface area contributed by atoms with Gasteiger partial charge in [0.1, 0.15) is 5.82 Å². The van der Waals surface area contributed by atoms with Crippen LogP contribution in [0.5, 0.6) is 0 Å². The molecular weight excluding hydrogens is 162 g/mol. The van der Waals surface area contributed by atoms with E-state index in [1.807, 2.05) is 0 Å². The molecule has 0 aromatic carbocycles. The number of anilines is 1. The Bertz CT molecular complexity index is 265. The van der Waals surface area contributed by atoms with Gasteiger partial charge < -0.3 is 5.32 Å². The molecule has 0 bridgehead atoms. The largest absolute Gasteiger partial charge is 0.370 e. The van der Waals surface area contributed by atoms with Crippen LogP contribution in [-0.4, -0.2) is 16.3 Å². The van der Waals surface area contributed by atoms with E-state index in [0.717, 1.165) is 19.5 Å². The van der Waals surface area contributed by atoms with Crippen molar-refractivity contribution in [1.29, 1.82) is 0 Å². The van der Waals surface area contributed by atoms with Crippen molar-refractivity contribution < 1.29 is 0 Å². The standard InChI is InChI=1S/C10H17N3/c1-8(2)6-9-7-10-11-4-3-5-13(10)12-9/h7-8,11H,3-6H2,1-2H3. The molecule has 3 nitrogen and oxygen atoms in total. The number of aryl methyl sites for hydroxylation is 1. The highest BCUT2D eigenvalue weighted by Gasteiger charge is 2.11. The molecule has 0 radical (unpaired) electrons. The molecule has 0 spiro atoms. The Morgan fingerprint density at radius 1 is 1.62 bits per heavy atom. The highest BCUT2D eigenvalue weighted by Crippen LogP contribution is 2.17. The Kier molecular flexibility index (Phi) is 2.25. The third kappa shape index (κ3) is 1.85. The third-order valence-corrected chi connectivity index (χ3v) is 2.30. The van der Waals surface area contributed by atoms with E-state index in [0.29, 0.717) is 5.92 Å². The lowest BCUT2D eigenvalue weighted by Crippen LogP contribution is -2.17. The predicted octanol–water partition coefficient (Wildman–Crippen LogP) is 1.90. The highest BCUT2D eigenvalue weighted by molar-refractivity contribution is 5.38. The van der Waals surface area contributed by atoms with Gasteiger partial charge in [-0.1, -0.05) is 13.8 Å². The van der Waals surface area contributed by atoms with Crippen LogP contribution in [-0.2, 0) is 13.0 Å². The molecule has 3 heteroatoms. The summed E-state index contributed by atoms with van der Waals surface area (Å²) in [6.45, 7) is 6.62. The van der Waals surface area contributed by atoms with E-state index in [2.05, 4.69) is 35.0 Å². The van der Waals surface area contributed by atoms with Gasteiger partial charge in [0.15, 0.2) is 0 Å². The van der Waals surface area contributed by atoms with Gasteiger partial charge in [-0.3, -0.25) is 0 Å². The third-order valence-electron chi connectivity index (χ3n) is 2.30. The Morgan fingerprint density at radius 2 is 2.46 bits per heavy atom. The second-order valence-corrected chi connectivity index (χ2v) is 4.12. The predicted molar refractivity (Wildman–Crippen MR) is 53.9 cm³/mol. The molecule has 1 N–H and O–H groups in total. The summed E-state index contributed by atoms with van der Waals surface area (Å²) in [6.07, 6.45) is 2.28. The molecule has 0 saturated heterocycles. The maximum atomic E-state index is 4.55. The molecule has 0 saturated carbocycles. The molecule has 72 valence electrons. The molecular formula is C10H17N3. The zero-order valence-corrected chi connectivity index (χ0v) is 8.38. The number of fused-ring (bicyclic) bond motifs is 1. The van der Waals surface area contributed by atoms with E-state index in [4.69, 9.17) is 0 Å². The molecule has 13 heavy (non-hydrogen) atoms. The summed E-state index contributed by atoms with van der Waals surface area (Å²) in [5.41, 5.74) is 1.22. The smallest absolute Gasteiger partial charge is 0.124 e. The van der Waals surface area contributed by atoms with Crippen LogP contribution in [0.4, 0.5) is 5.82 Å². The molecule has 0 amide bonds. The number of hydrogen-bond acceptors (Lipinski definition) is 2. The van der Waals surface area contributed by atoms with Gasteiger partial charge in [-0.05, 0) is 18.8 Å². The molecule has 0 atom stereocenters. The van der Waals surface area contributed by atoms with Gasteiger partial charge in [0.05, 0.1) is 5.69 Å². The lowest BCUT2D eigenvalue weighted by atomic mass is 10.1. The summed E-state index contributed by atoms with van der Waals surface area (Å²) in [4.78, 5) is 0. The van der Waals surface area contributed by atoms with E-state index < -0.39 is 0 Å². The van der Waals surface area contributed by atoms with Crippen LogP contribution in [0, 0.1) is 5.92 Å². The fraction of sp³-hybridized carbons (Fsp3) is 0.700. The fourth-order valence-electron chi connectivity index (χ4n) is 1.75. The summed E-state index contributed by atoms with van der Waals surface area (Å²) >= 11 is 0. The number of nitrogens with one attached hydrogen (secondary N) is 1. The molecule has 1 aromatic rings. The van der Waals surface area contributed by atoms with E-state index in [1.54, 1.807) is 0 Å². The zero-order chi connectivity index (χ0) is 9.26. The normalized spacial score (nSPS) is 15.6.